The first-order chi connectivity index (χ1) is 13.6. The van der Waals surface area contributed by atoms with Crippen molar-refractivity contribution in [3.8, 4) is 0 Å². The molecule has 0 fully saturated rings. The Morgan fingerprint density at radius 3 is 2.24 bits per heavy atom. The van der Waals surface area contributed by atoms with E-state index in [0.717, 1.165) is 21.9 Å². The third kappa shape index (κ3) is 6.05. The van der Waals surface area contributed by atoms with Crippen molar-refractivity contribution in [2.75, 3.05) is 21.9 Å². The minimum absolute atomic E-state index is 0.0446. The van der Waals surface area contributed by atoms with Crippen molar-refractivity contribution in [3.63, 3.8) is 0 Å². The highest BCUT2D eigenvalue weighted by atomic mass is 32.2. The lowest BCUT2D eigenvalue weighted by atomic mass is 10.1. The first-order valence-electron chi connectivity index (χ1n) is 9.35. The zero-order chi connectivity index (χ0) is 21.6. The Kier molecular flexibility index (Phi) is 7.39. The quantitative estimate of drug-likeness (QED) is 0.648. The van der Waals surface area contributed by atoms with E-state index in [1.165, 1.54) is 24.3 Å². The molecule has 1 amide bonds. The average molecular weight is 419 g/mol. The molecule has 2 aromatic carbocycles. The zero-order valence-corrected chi connectivity index (χ0v) is 17.6. The molecule has 2 rings (SSSR count). The fourth-order valence-electron chi connectivity index (χ4n) is 2.69. The number of unbranched alkanes of at least 4 members (excludes halogenated alkanes) is 1. The molecule has 0 saturated heterocycles. The Hall–Kier alpha value is -2.87. The number of nitrogens with zero attached hydrogens (tertiary/aromatic N) is 1. The van der Waals surface area contributed by atoms with Gasteiger partial charge in [0.1, 0.15) is 6.54 Å². The van der Waals surface area contributed by atoms with Crippen molar-refractivity contribution in [1.29, 1.82) is 0 Å². The van der Waals surface area contributed by atoms with Gasteiger partial charge in [0.15, 0.2) is 0 Å². The Morgan fingerprint density at radius 2 is 1.69 bits per heavy atom. The van der Waals surface area contributed by atoms with Crippen LogP contribution in [0.4, 0.5) is 11.4 Å². The number of benzene rings is 2. The largest absolute Gasteiger partial charge is 0.478 e. The summed E-state index contributed by atoms with van der Waals surface area (Å²) in [5, 5.41) is 11.6. The van der Waals surface area contributed by atoms with Gasteiger partial charge in [0.25, 0.3) is 0 Å². The number of sulfonamides is 1. The van der Waals surface area contributed by atoms with Gasteiger partial charge in [0, 0.05) is 5.69 Å². The number of aromatic carboxylic acids is 1. The van der Waals surface area contributed by atoms with E-state index < -0.39 is 21.9 Å². The lowest BCUT2D eigenvalue weighted by molar-refractivity contribution is -0.114. The smallest absolute Gasteiger partial charge is 0.335 e. The molecule has 0 aliphatic rings. The third-order valence-electron chi connectivity index (χ3n) is 4.57. The summed E-state index contributed by atoms with van der Waals surface area (Å²) in [5.74, 6) is -1.62. The van der Waals surface area contributed by atoms with E-state index in [9.17, 15) is 18.0 Å². The molecule has 0 saturated carbocycles. The van der Waals surface area contributed by atoms with Gasteiger partial charge in [0.05, 0.1) is 17.0 Å². The van der Waals surface area contributed by atoms with Crippen molar-refractivity contribution >= 4 is 33.3 Å². The monoisotopic (exact) mass is 418 g/mol. The number of hydrogen-bond acceptors (Lipinski definition) is 4. The highest BCUT2D eigenvalue weighted by Gasteiger charge is 2.25. The predicted molar refractivity (Wildman–Crippen MR) is 114 cm³/mol. The van der Waals surface area contributed by atoms with Crippen LogP contribution < -0.4 is 9.62 Å². The van der Waals surface area contributed by atoms with Crippen molar-refractivity contribution in [2.45, 2.75) is 33.6 Å². The summed E-state index contributed by atoms with van der Waals surface area (Å²) in [6.07, 6.45) is 1.23. The van der Waals surface area contributed by atoms with E-state index in [2.05, 4.69) is 5.32 Å². The van der Waals surface area contributed by atoms with Crippen molar-refractivity contribution in [3.05, 3.63) is 59.2 Å². The highest BCUT2D eigenvalue weighted by Crippen LogP contribution is 2.23. The molecule has 0 heterocycles. The van der Waals surface area contributed by atoms with E-state index in [1.54, 1.807) is 12.1 Å². The lowest BCUT2D eigenvalue weighted by Crippen LogP contribution is -2.39. The zero-order valence-electron chi connectivity index (χ0n) is 16.8. The molecule has 29 heavy (non-hydrogen) atoms. The summed E-state index contributed by atoms with van der Waals surface area (Å²) in [4.78, 5) is 23.5. The van der Waals surface area contributed by atoms with E-state index in [4.69, 9.17) is 5.11 Å². The van der Waals surface area contributed by atoms with E-state index in [-0.39, 0.29) is 17.9 Å². The number of carbonyl (C=O) groups excluding carboxylic acids is 1. The summed E-state index contributed by atoms with van der Waals surface area (Å²) in [5.41, 5.74) is 2.90. The first kappa shape index (κ1) is 22.4. The normalized spacial score (nSPS) is 11.1. The van der Waals surface area contributed by atoms with Gasteiger partial charge < -0.3 is 10.4 Å². The Labute approximate surface area is 171 Å². The number of carbonyl (C=O) groups is 2. The molecule has 0 spiro atoms. The molecule has 8 heteroatoms. The number of anilines is 2. The molecule has 2 N–H and O–H groups in total. The molecule has 0 unspecified atom stereocenters. The number of rotatable bonds is 9. The van der Waals surface area contributed by atoms with Crippen LogP contribution in [0.3, 0.4) is 0 Å². The number of nitrogens with one attached hydrogen (secondary N) is 1. The molecule has 0 aromatic heterocycles. The van der Waals surface area contributed by atoms with Crippen LogP contribution in [0.15, 0.2) is 42.5 Å². The fourth-order valence-corrected chi connectivity index (χ4v) is 4.32. The molecule has 156 valence electrons. The van der Waals surface area contributed by atoms with Crippen LogP contribution in [0.5, 0.6) is 0 Å². The minimum atomic E-state index is -3.68. The van der Waals surface area contributed by atoms with Gasteiger partial charge in [-0.3, -0.25) is 9.10 Å². The summed E-state index contributed by atoms with van der Waals surface area (Å²) in [6, 6.07) is 11.0. The molecule has 0 atom stereocenters. The highest BCUT2D eigenvalue weighted by molar-refractivity contribution is 7.92. The van der Waals surface area contributed by atoms with Crippen molar-refractivity contribution in [2.24, 2.45) is 0 Å². The maximum absolute atomic E-state index is 12.9. The van der Waals surface area contributed by atoms with Crippen molar-refractivity contribution in [1.82, 2.24) is 0 Å². The maximum atomic E-state index is 12.9. The average Bonchev–Trinajstić information content (AvgIpc) is 2.67. The molecule has 0 bridgehead atoms. The van der Waals surface area contributed by atoms with E-state index >= 15 is 0 Å². The second-order valence-electron chi connectivity index (χ2n) is 6.88. The lowest BCUT2D eigenvalue weighted by Gasteiger charge is -2.24. The van der Waals surface area contributed by atoms with Crippen LogP contribution in [-0.2, 0) is 14.8 Å². The van der Waals surface area contributed by atoms with E-state index in [0.29, 0.717) is 17.8 Å². The predicted octanol–water partition coefficient (Wildman–Crippen LogP) is 3.58. The van der Waals surface area contributed by atoms with Crippen LogP contribution in [0.25, 0.3) is 0 Å². The second-order valence-corrected chi connectivity index (χ2v) is 8.89. The number of carboxylic acids is 1. The molecular weight excluding hydrogens is 392 g/mol. The maximum Gasteiger partial charge on any atom is 0.335 e. The van der Waals surface area contributed by atoms with Crippen LogP contribution >= 0.6 is 0 Å². The summed E-state index contributed by atoms with van der Waals surface area (Å²) in [7, 11) is -3.68. The topological polar surface area (TPSA) is 104 Å². The van der Waals surface area contributed by atoms with Gasteiger partial charge >= 0.3 is 5.97 Å². The first-order valence-corrected chi connectivity index (χ1v) is 11.0. The Balaban J connectivity index is 2.25. The number of hydrogen-bond donors (Lipinski definition) is 2. The Bertz CT molecular complexity index is 985. The van der Waals surface area contributed by atoms with Crippen LogP contribution in [0.1, 0.15) is 41.3 Å². The van der Waals surface area contributed by atoms with Gasteiger partial charge in [-0.2, -0.15) is 0 Å². The SMILES string of the molecule is CCCCS(=O)(=O)N(CC(=O)Nc1ccc(C(=O)O)cc1)c1ccc(C)c(C)c1. The Morgan fingerprint density at radius 1 is 1.03 bits per heavy atom. The summed E-state index contributed by atoms with van der Waals surface area (Å²) < 4.78 is 26.9. The third-order valence-corrected chi connectivity index (χ3v) is 6.39. The summed E-state index contributed by atoms with van der Waals surface area (Å²) in [6.45, 7) is 5.36. The van der Waals surface area contributed by atoms with Gasteiger partial charge in [-0.25, -0.2) is 13.2 Å². The standard InChI is InChI=1S/C21H26N2O5S/c1-4-5-12-29(27,28)23(19-11-6-15(2)16(3)13-19)14-20(24)22-18-9-7-17(8-10-18)21(25)26/h6-11,13H,4-5,12,14H2,1-3H3,(H,22,24)(H,25,26). The van der Waals surface area contributed by atoms with Gasteiger partial charge in [-0.1, -0.05) is 19.4 Å². The van der Waals surface area contributed by atoms with Crippen LogP contribution in [0.2, 0.25) is 0 Å². The van der Waals surface area contributed by atoms with Crippen LogP contribution in [-0.4, -0.2) is 37.7 Å². The van der Waals surface area contributed by atoms with Gasteiger partial charge in [-0.15, -0.1) is 0 Å². The molecule has 0 aliphatic carbocycles. The van der Waals surface area contributed by atoms with Crippen LogP contribution in [0, 0.1) is 13.8 Å². The minimum Gasteiger partial charge on any atom is -0.478 e. The number of carboxylic acid groups (broad SMARTS) is 1. The van der Waals surface area contributed by atoms with Gasteiger partial charge in [-0.05, 0) is 67.8 Å². The fraction of sp³-hybridized carbons (Fsp3) is 0.333. The molecular formula is C21H26N2O5S. The molecule has 7 nitrogen and oxygen atoms in total. The van der Waals surface area contributed by atoms with Crippen molar-refractivity contribution < 1.29 is 23.1 Å². The van der Waals surface area contributed by atoms with E-state index in [1.807, 2.05) is 26.8 Å². The number of amides is 1. The molecule has 2 aromatic rings. The second kappa shape index (κ2) is 9.56. The molecule has 0 radical (unpaired) electrons. The number of aryl methyl sites for hydroxylation is 2. The summed E-state index contributed by atoms with van der Waals surface area (Å²) >= 11 is 0. The van der Waals surface area contributed by atoms with Gasteiger partial charge in [0.2, 0.25) is 15.9 Å². The molecule has 0 aliphatic heterocycles.